The van der Waals surface area contributed by atoms with Crippen LogP contribution in [0.2, 0.25) is 0 Å². The summed E-state index contributed by atoms with van der Waals surface area (Å²) in [5.74, 6) is -0.503. The summed E-state index contributed by atoms with van der Waals surface area (Å²) in [5.41, 5.74) is 0.681. The van der Waals surface area contributed by atoms with E-state index in [0.29, 0.717) is 6.42 Å². The van der Waals surface area contributed by atoms with Crippen LogP contribution in [0.4, 0.5) is 10.5 Å². The van der Waals surface area contributed by atoms with E-state index in [1.54, 1.807) is 6.92 Å². The molecule has 174 valence electrons. The van der Waals surface area contributed by atoms with E-state index >= 15 is 0 Å². The summed E-state index contributed by atoms with van der Waals surface area (Å²) < 4.78 is 25.1. The van der Waals surface area contributed by atoms with Gasteiger partial charge in [-0.2, -0.15) is 0 Å². The van der Waals surface area contributed by atoms with Crippen LogP contribution >= 0.6 is 0 Å². The number of amides is 1. The van der Waals surface area contributed by atoms with Gasteiger partial charge in [-0.1, -0.05) is 37.3 Å². The molecule has 0 saturated heterocycles. The monoisotopic (exact) mass is 465 g/mol. The maximum atomic E-state index is 12.5. The molecular formula is C21H27N3O7S. The maximum absolute atomic E-state index is 12.5. The molecule has 0 saturated carbocycles. The number of benzene rings is 2. The molecule has 3 atom stereocenters. The molecule has 10 nitrogen and oxygen atoms in total. The van der Waals surface area contributed by atoms with Gasteiger partial charge in [0, 0.05) is 18.7 Å². The molecule has 0 aliphatic heterocycles. The molecule has 0 heterocycles. The van der Waals surface area contributed by atoms with Crippen LogP contribution in [0, 0.1) is 16.0 Å². The molecular weight excluding hydrogens is 438 g/mol. The molecule has 4 N–H and O–H groups in total. The fraction of sp³-hybridized carbons (Fsp3) is 0.381. The van der Waals surface area contributed by atoms with Crippen LogP contribution in [-0.4, -0.2) is 60.6 Å². The SMILES string of the molecule is CC(CNC[C@H](O)[C@H](Cc1ccccc1)NC(=O)O)CS(=O)(=O)c1ccc([N+](=O)[O-])cc1. The summed E-state index contributed by atoms with van der Waals surface area (Å²) in [6, 6.07) is 13.1. The van der Waals surface area contributed by atoms with Gasteiger partial charge in [0.2, 0.25) is 0 Å². The van der Waals surface area contributed by atoms with Gasteiger partial charge in [0.1, 0.15) is 0 Å². The number of nitro groups is 1. The molecule has 0 aliphatic rings. The first-order valence-electron chi connectivity index (χ1n) is 9.98. The van der Waals surface area contributed by atoms with Gasteiger partial charge in [-0.3, -0.25) is 10.1 Å². The highest BCUT2D eigenvalue weighted by atomic mass is 32.2. The normalized spacial score (nSPS) is 14.3. The Bertz CT molecular complexity index is 998. The molecule has 0 bridgehead atoms. The fourth-order valence-electron chi connectivity index (χ4n) is 3.23. The largest absolute Gasteiger partial charge is 0.465 e. The zero-order valence-corrected chi connectivity index (χ0v) is 18.4. The Balaban J connectivity index is 1.88. The first-order valence-corrected chi connectivity index (χ1v) is 11.6. The number of nitrogens with zero attached hydrogens (tertiary/aromatic N) is 1. The van der Waals surface area contributed by atoms with E-state index in [2.05, 4.69) is 10.6 Å². The van der Waals surface area contributed by atoms with Crippen LogP contribution in [-0.2, 0) is 16.3 Å². The second-order valence-corrected chi connectivity index (χ2v) is 9.64. The third kappa shape index (κ3) is 7.91. The van der Waals surface area contributed by atoms with Crippen LogP contribution in [0.3, 0.4) is 0 Å². The summed E-state index contributed by atoms with van der Waals surface area (Å²) in [6.45, 7) is 2.06. The fourth-order valence-corrected chi connectivity index (χ4v) is 4.84. The molecule has 0 radical (unpaired) electrons. The Kier molecular flexibility index (Phi) is 9.12. The number of nitro benzene ring substituents is 1. The van der Waals surface area contributed by atoms with Gasteiger partial charge in [-0.05, 0) is 36.6 Å². The van der Waals surface area contributed by atoms with Crippen LogP contribution in [0.15, 0.2) is 59.5 Å². The number of carboxylic acid groups (broad SMARTS) is 1. The highest BCUT2D eigenvalue weighted by Gasteiger charge is 2.23. The second-order valence-electron chi connectivity index (χ2n) is 7.61. The molecule has 1 amide bonds. The van der Waals surface area contributed by atoms with Gasteiger partial charge in [0.25, 0.3) is 5.69 Å². The molecule has 1 unspecified atom stereocenters. The summed E-state index contributed by atoms with van der Waals surface area (Å²) in [4.78, 5) is 21.2. The van der Waals surface area contributed by atoms with E-state index in [1.807, 2.05) is 30.3 Å². The van der Waals surface area contributed by atoms with Gasteiger partial charge in [-0.15, -0.1) is 0 Å². The number of aliphatic hydroxyl groups is 1. The van der Waals surface area contributed by atoms with Crippen LogP contribution in [0.1, 0.15) is 12.5 Å². The third-order valence-corrected chi connectivity index (χ3v) is 6.83. The lowest BCUT2D eigenvalue weighted by Crippen LogP contribution is -2.48. The number of non-ortho nitro benzene ring substituents is 1. The van der Waals surface area contributed by atoms with E-state index in [0.717, 1.165) is 17.7 Å². The van der Waals surface area contributed by atoms with Crippen molar-refractivity contribution in [2.75, 3.05) is 18.8 Å². The standard InChI is InChI=1S/C21H27N3O7S/c1-15(14-32(30,31)18-9-7-17(8-10-18)24(28)29)12-22-13-20(25)19(23-21(26)27)11-16-5-3-2-4-6-16/h2-10,15,19-20,22-23,25H,11-14H2,1H3,(H,26,27)/t15?,19-,20-/m0/s1. The zero-order chi connectivity index (χ0) is 23.7. The van der Waals surface area contributed by atoms with Crippen LogP contribution in [0.25, 0.3) is 0 Å². The van der Waals surface area contributed by atoms with E-state index in [4.69, 9.17) is 5.11 Å². The Morgan fingerprint density at radius 2 is 1.72 bits per heavy atom. The first-order chi connectivity index (χ1) is 15.1. The van der Waals surface area contributed by atoms with Crippen molar-refractivity contribution in [2.45, 2.75) is 30.4 Å². The number of nitrogens with one attached hydrogen (secondary N) is 2. The Morgan fingerprint density at radius 3 is 2.28 bits per heavy atom. The van der Waals surface area contributed by atoms with Crippen molar-refractivity contribution in [3.05, 3.63) is 70.3 Å². The van der Waals surface area contributed by atoms with E-state index in [1.165, 1.54) is 12.1 Å². The molecule has 2 aromatic carbocycles. The van der Waals surface area contributed by atoms with Crippen molar-refractivity contribution in [1.29, 1.82) is 0 Å². The Labute approximate surface area is 186 Å². The topological polar surface area (TPSA) is 159 Å². The molecule has 2 rings (SSSR count). The second kappa shape index (κ2) is 11.6. The van der Waals surface area contributed by atoms with E-state index < -0.39 is 33.0 Å². The number of hydrogen-bond donors (Lipinski definition) is 4. The molecule has 11 heteroatoms. The van der Waals surface area contributed by atoms with Crippen LogP contribution in [0.5, 0.6) is 0 Å². The van der Waals surface area contributed by atoms with Gasteiger partial charge in [-0.25, -0.2) is 13.2 Å². The van der Waals surface area contributed by atoms with Gasteiger partial charge in [0.05, 0.1) is 27.7 Å². The smallest absolute Gasteiger partial charge is 0.404 e. The third-order valence-electron chi connectivity index (χ3n) is 4.83. The minimum atomic E-state index is -3.64. The minimum Gasteiger partial charge on any atom is -0.465 e. The molecule has 2 aromatic rings. The van der Waals surface area contributed by atoms with Crippen molar-refractivity contribution >= 4 is 21.6 Å². The number of hydrogen-bond acceptors (Lipinski definition) is 7. The first kappa shape index (κ1) is 25.2. The van der Waals surface area contributed by atoms with Crippen molar-refractivity contribution in [1.82, 2.24) is 10.6 Å². The number of aliphatic hydroxyl groups excluding tert-OH is 1. The van der Waals surface area contributed by atoms with Crippen molar-refractivity contribution in [3.8, 4) is 0 Å². The van der Waals surface area contributed by atoms with Gasteiger partial charge < -0.3 is 20.8 Å². The lowest BCUT2D eigenvalue weighted by molar-refractivity contribution is -0.384. The quantitative estimate of drug-likeness (QED) is 0.273. The van der Waals surface area contributed by atoms with Crippen LogP contribution < -0.4 is 10.6 Å². The average molecular weight is 466 g/mol. The predicted octanol–water partition coefficient (Wildman–Crippen LogP) is 1.83. The van der Waals surface area contributed by atoms with Crippen molar-refractivity contribution in [3.63, 3.8) is 0 Å². The summed E-state index contributed by atoms with van der Waals surface area (Å²) in [7, 11) is -3.64. The van der Waals surface area contributed by atoms with E-state index in [-0.39, 0.29) is 35.3 Å². The molecule has 0 spiro atoms. The maximum Gasteiger partial charge on any atom is 0.404 e. The number of sulfone groups is 1. The molecule has 0 aliphatic carbocycles. The lowest BCUT2D eigenvalue weighted by atomic mass is 10.0. The highest BCUT2D eigenvalue weighted by molar-refractivity contribution is 7.91. The van der Waals surface area contributed by atoms with Gasteiger partial charge in [0.15, 0.2) is 9.84 Å². The highest BCUT2D eigenvalue weighted by Crippen LogP contribution is 2.18. The predicted molar refractivity (Wildman–Crippen MR) is 118 cm³/mol. The summed E-state index contributed by atoms with van der Waals surface area (Å²) >= 11 is 0. The number of carbonyl (C=O) groups is 1. The van der Waals surface area contributed by atoms with Crippen molar-refractivity contribution in [2.24, 2.45) is 5.92 Å². The summed E-state index contributed by atoms with van der Waals surface area (Å²) in [6.07, 6.45) is -1.96. The zero-order valence-electron chi connectivity index (χ0n) is 17.5. The number of rotatable bonds is 12. The lowest BCUT2D eigenvalue weighted by Gasteiger charge is -2.24. The van der Waals surface area contributed by atoms with E-state index in [9.17, 15) is 28.4 Å². The Hall–Kier alpha value is -3.02. The molecule has 0 aromatic heterocycles. The van der Waals surface area contributed by atoms with Crippen molar-refractivity contribution < 1.29 is 28.3 Å². The Morgan fingerprint density at radius 1 is 1.09 bits per heavy atom. The average Bonchev–Trinajstić information content (AvgIpc) is 2.73. The molecule has 32 heavy (non-hydrogen) atoms. The molecule has 0 fully saturated rings. The minimum absolute atomic E-state index is 0.00330. The van der Waals surface area contributed by atoms with Gasteiger partial charge >= 0.3 is 6.09 Å². The summed E-state index contributed by atoms with van der Waals surface area (Å²) in [5, 5.41) is 35.5.